The van der Waals surface area contributed by atoms with Crippen molar-refractivity contribution < 1.29 is 18.7 Å². The maximum Gasteiger partial charge on any atom is 0.317 e. The van der Waals surface area contributed by atoms with Gasteiger partial charge in [-0.3, -0.25) is 4.79 Å². The van der Waals surface area contributed by atoms with Crippen LogP contribution in [0.3, 0.4) is 0 Å². The summed E-state index contributed by atoms with van der Waals surface area (Å²) in [6.07, 6.45) is 1.46. The van der Waals surface area contributed by atoms with Crippen molar-refractivity contribution in [2.45, 2.75) is 13.1 Å². The fraction of sp³-hybridized carbons (Fsp3) is 0.280. The number of urea groups is 1. The molecule has 33 heavy (non-hydrogen) atoms. The Balaban J connectivity index is 1.23. The van der Waals surface area contributed by atoms with E-state index >= 15 is 0 Å². The van der Waals surface area contributed by atoms with E-state index in [-0.39, 0.29) is 17.7 Å². The Morgan fingerprint density at radius 2 is 1.67 bits per heavy atom. The van der Waals surface area contributed by atoms with Crippen LogP contribution in [-0.2, 0) is 17.8 Å². The van der Waals surface area contributed by atoms with Gasteiger partial charge in [0, 0.05) is 44.6 Å². The number of benzene rings is 2. The number of nitrogens with zero attached hydrogens (tertiary/aromatic N) is 2. The number of morpholine rings is 1. The molecule has 0 aliphatic carbocycles. The summed E-state index contributed by atoms with van der Waals surface area (Å²) in [5.41, 5.74) is 3.84. The molecule has 0 spiro atoms. The second-order valence-electron chi connectivity index (χ2n) is 7.91. The van der Waals surface area contributed by atoms with E-state index < -0.39 is 0 Å². The monoisotopic (exact) mass is 448 g/mol. The molecule has 0 atom stereocenters. The van der Waals surface area contributed by atoms with E-state index in [9.17, 15) is 9.59 Å². The quantitative estimate of drug-likeness (QED) is 0.575. The highest BCUT2D eigenvalue weighted by Crippen LogP contribution is 2.17. The lowest BCUT2D eigenvalue weighted by Crippen LogP contribution is -2.36. The number of ether oxygens (including phenoxy) is 1. The van der Waals surface area contributed by atoms with Crippen LogP contribution in [0.15, 0.2) is 71.3 Å². The van der Waals surface area contributed by atoms with E-state index in [0.717, 1.165) is 37.4 Å². The number of rotatable bonds is 7. The summed E-state index contributed by atoms with van der Waals surface area (Å²) in [4.78, 5) is 28.5. The summed E-state index contributed by atoms with van der Waals surface area (Å²) < 4.78 is 10.5. The minimum Gasteiger partial charge on any atom is -0.459 e. The van der Waals surface area contributed by atoms with Crippen molar-refractivity contribution in [1.29, 1.82) is 0 Å². The second-order valence-corrected chi connectivity index (χ2v) is 7.91. The van der Waals surface area contributed by atoms with Gasteiger partial charge in [-0.15, -0.1) is 0 Å². The van der Waals surface area contributed by atoms with E-state index in [4.69, 9.17) is 9.15 Å². The number of amides is 3. The molecule has 1 fully saturated rings. The third-order valence-electron chi connectivity index (χ3n) is 5.48. The van der Waals surface area contributed by atoms with Gasteiger partial charge >= 0.3 is 6.03 Å². The van der Waals surface area contributed by atoms with Crippen molar-refractivity contribution in [2.75, 3.05) is 43.6 Å². The van der Waals surface area contributed by atoms with Crippen LogP contribution in [0.5, 0.6) is 0 Å². The molecule has 0 radical (unpaired) electrons. The standard InChI is InChI=1S/C25H28N4O4/c1-28(18-20-6-10-22(11-7-20)29-12-15-32-16-13-29)25(31)26-17-19-4-8-21(9-5-19)27-24(30)23-3-2-14-33-23/h2-11,14H,12-13,15-18H2,1H3,(H,26,31)(H,27,30). The lowest BCUT2D eigenvalue weighted by atomic mass is 10.2. The van der Waals surface area contributed by atoms with Crippen molar-refractivity contribution in [3.8, 4) is 0 Å². The van der Waals surface area contributed by atoms with Crippen molar-refractivity contribution in [2.24, 2.45) is 0 Å². The van der Waals surface area contributed by atoms with Gasteiger partial charge in [0.05, 0.1) is 19.5 Å². The Bertz CT molecular complexity index is 1040. The molecule has 3 amide bonds. The third kappa shape index (κ3) is 6.14. The lowest BCUT2D eigenvalue weighted by Gasteiger charge is -2.29. The smallest absolute Gasteiger partial charge is 0.317 e. The van der Waals surface area contributed by atoms with E-state index in [0.29, 0.717) is 18.8 Å². The molecule has 1 saturated heterocycles. The number of carbonyl (C=O) groups excluding carboxylic acids is 2. The van der Waals surface area contributed by atoms with Crippen LogP contribution in [0.1, 0.15) is 21.7 Å². The van der Waals surface area contributed by atoms with Crippen molar-refractivity contribution >= 4 is 23.3 Å². The van der Waals surface area contributed by atoms with Crippen LogP contribution < -0.4 is 15.5 Å². The van der Waals surface area contributed by atoms with Crippen molar-refractivity contribution in [3.05, 3.63) is 83.8 Å². The number of hydrogen-bond acceptors (Lipinski definition) is 5. The Morgan fingerprint density at radius 1 is 0.970 bits per heavy atom. The average molecular weight is 449 g/mol. The molecule has 2 aromatic carbocycles. The fourth-order valence-corrected chi connectivity index (χ4v) is 3.60. The number of anilines is 2. The summed E-state index contributed by atoms with van der Waals surface area (Å²) in [5, 5.41) is 5.70. The molecule has 0 unspecified atom stereocenters. The van der Waals surface area contributed by atoms with Crippen molar-refractivity contribution in [1.82, 2.24) is 10.2 Å². The predicted molar refractivity (Wildman–Crippen MR) is 126 cm³/mol. The predicted octanol–water partition coefficient (Wildman–Crippen LogP) is 3.71. The zero-order valence-electron chi connectivity index (χ0n) is 18.6. The third-order valence-corrected chi connectivity index (χ3v) is 5.48. The highest BCUT2D eigenvalue weighted by Gasteiger charge is 2.13. The van der Waals surface area contributed by atoms with E-state index in [1.165, 1.54) is 12.0 Å². The largest absolute Gasteiger partial charge is 0.459 e. The first-order chi connectivity index (χ1) is 16.1. The van der Waals surface area contributed by atoms with Crippen LogP contribution in [0.4, 0.5) is 16.2 Å². The van der Waals surface area contributed by atoms with E-state index in [1.54, 1.807) is 36.2 Å². The summed E-state index contributed by atoms with van der Waals surface area (Å²) in [6, 6.07) is 18.7. The molecule has 1 aliphatic heterocycles. The molecule has 3 aromatic rings. The fourth-order valence-electron chi connectivity index (χ4n) is 3.60. The average Bonchev–Trinajstić information content (AvgIpc) is 3.40. The van der Waals surface area contributed by atoms with E-state index in [2.05, 4.69) is 39.8 Å². The number of furan rings is 1. The van der Waals surface area contributed by atoms with E-state index in [1.807, 2.05) is 12.1 Å². The van der Waals surface area contributed by atoms with Crippen LogP contribution >= 0.6 is 0 Å². The molecule has 0 bridgehead atoms. The molecule has 4 rings (SSSR count). The molecule has 8 nitrogen and oxygen atoms in total. The molecule has 0 saturated carbocycles. The number of nitrogens with one attached hydrogen (secondary N) is 2. The first-order valence-corrected chi connectivity index (χ1v) is 10.9. The van der Waals surface area contributed by atoms with Crippen LogP contribution in [0, 0.1) is 0 Å². The Labute approximate surface area is 193 Å². The minimum atomic E-state index is -0.305. The second kappa shape index (κ2) is 10.7. The number of hydrogen-bond donors (Lipinski definition) is 2. The minimum absolute atomic E-state index is 0.151. The number of carbonyl (C=O) groups is 2. The summed E-state index contributed by atoms with van der Waals surface area (Å²) in [7, 11) is 1.78. The molecule has 1 aromatic heterocycles. The van der Waals surface area contributed by atoms with Gasteiger partial charge in [0.15, 0.2) is 5.76 Å². The first kappa shape index (κ1) is 22.4. The van der Waals surface area contributed by atoms with Gasteiger partial charge in [-0.05, 0) is 47.5 Å². The van der Waals surface area contributed by atoms with Crippen molar-refractivity contribution in [3.63, 3.8) is 0 Å². The molecule has 172 valence electrons. The summed E-state index contributed by atoms with van der Waals surface area (Å²) in [5.74, 6) is -0.0502. The van der Waals surface area contributed by atoms with Gasteiger partial charge in [0.2, 0.25) is 0 Å². The van der Waals surface area contributed by atoms with Gasteiger partial charge in [0.25, 0.3) is 5.91 Å². The molecule has 1 aliphatic rings. The normalized spacial score (nSPS) is 13.4. The highest BCUT2D eigenvalue weighted by molar-refractivity contribution is 6.02. The molecular weight excluding hydrogens is 420 g/mol. The van der Waals surface area contributed by atoms with Gasteiger partial charge in [-0.2, -0.15) is 0 Å². The maximum absolute atomic E-state index is 12.5. The van der Waals surface area contributed by atoms with Crippen LogP contribution in [0.2, 0.25) is 0 Å². The van der Waals surface area contributed by atoms with Crippen LogP contribution in [0.25, 0.3) is 0 Å². The maximum atomic E-state index is 12.5. The van der Waals surface area contributed by atoms with Gasteiger partial charge < -0.3 is 29.6 Å². The Hall–Kier alpha value is -3.78. The topological polar surface area (TPSA) is 87.0 Å². The van der Waals surface area contributed by atoms with Gasteiger partial charge in [-0.1, -0.05) is 24.3 Å². The zero-order valence-corrected chi connectivity index (χ0v) is 18.6. The molecule has 2 heterocycles. The highest BCUT2D eigenvalue weighted by atomic mass is 16.5. The van der Waals surface area contributed by atoms with Gasteiger partial charge in [-0.25, -0.2) is 4.79 Å². The van der Waals surface area contributed by atoms with Crippen LogP contribution in [-0.4, -0.2) is 50.2 Å². The zero-order chi connectivity index (χ0) is 23.0. The first-order valence-electron chi connectivity index (χ1n) is 10.9. The molecular formula is C25H28N4O4. The summed E-state index contributed by atoms with van der Waals surface area (Å²) in [6.45, 7) is 4.23. The Morgan fingerprint density at radius 3 is 2.33 bits per heavy atom. The molecule has 2 N–H and O–H groups in total. The summed E-state index contributed by atoms with van der Waals surface area (Å²) >= 11 is 0. The molecule has 8 heteroatoms. The lowest BCUT2D eigenvalue weighted by molar-refractivity contribution is 0.0996. The SMILES string of the molecule is CN(Cc1ccc(N2CCOCC2)cc1)C(=O)NCc1ccc(NC(=O)c2ccco2)cc1. The van der Waals surface area contributed by atoms with Gasteiger partial charge in [0.1, 0.15) is 0 Å². The Kier molecular flexibility index (Phi) is 7.26.